The summed E-state index contributed by atoms with van der Waals surface area (Å²) in [6, 6.07) is -2.09. The molecule has 82 heavy (non-hydrogen) atoms. The highest BCUT2D eigenvalue weighted by Crippen LogP contribution is 2.41. The van der Waals surface area contributed by atoms with Gasteiger partial charge in [-0.3, -0.25) is 4.79 Å². The number of carbonyl (C=O) groups excluding carboxylic acids is 1. The number of aliphatic hydroxyl groups excluding tert-OH is 21. The molecule has 0 aromatic carbocycles. The van der Waals surface area contributed by atoms with Gasteiger partial charge in [-0.05, 0) is 0 Å². The van der Waals surface area contributed by atoms with Crippen LogP contribution in [0.2, 0.25) is 0 Å². The number of aliphatic carboxylic acids is 2. The van der Waals surface area contributed by atoms with Crippen molar-refractivity contribution in [3.63, 3.8) is 0 Å². The summed E-state index contributed by atoms with van der Waals surface area (Å²) in [7, 11) is 0. The zero-order valence-electron chi connectivity index (χ0n) is 43.0. The standard InChI is InChI=1S/C44H73NO37/c1-10(51)45-19-33(79-40-30(66)36(24(60)15(6-48)74-40)82-44(42(70)71)3-12(53)21(57)35(81-44)23(59)14(55)5-47)25(61)18(9-72-43(41(68)69)2-11(52)20(56)34(80-43)22(58)13(54)4-46)76-38(19)77-32-17(8-50)75-39(29(65)27(32)63)78-31-16(7-49)73-37(67)28(64)26(31)62/h11-40,46-50,52-67H,2-9H2,1H3,(H,45,51)(H,68,69)(H,70,71)/t11-,12-,13+,14+,15+,16+,17+,18+,19+,20+,21+,22+,23+,24-,25-,26+,27-,28+,29+,30+,31+,32-,33+,34+,35+,36-,37+,38-,39-,40-,43+,44-/m0/s1. The number of amides is 1. The van der Waals surface area contributed by atoms with Crippen molar-refractivity contribution in [2.45, 2.75) is 215 Å². The molecular formula is C44H73NO37. The first kappa shape index (κ1) is 68.2. The molecule has 32 atom stereocenters. The van der Waals surface area contributed by atoms with Gasteiger partial charge in [-0.15, -0.1) is 0 Å². The maximum absolute atomic E-state index is 13.1. The number of aliphatic hydroxyl groups is 21. The van der Waals surface area contributed by atoms with Crippen molar-refractivity contribution in [3.8, 4) is 0 Å². The lowest BCUT2D eigenvalue weighted by atomic mass is 9.90. The first-order chi connectivity index (χ1) is 38.5. The minimum atomic E-state index is -3.32. The molecule has 0 aromatic heterocycles. The van der Waals surface area contributed by atoms with E-state index in [4.69, 9.17) is 52.1 Å². The van der Waals surface area contributed by atoms with Crippen molar-refractivity contribution >= 4 is 17.8 Å². The number of carbonyl (C=O) groups is 3. The van der Waals surface area contributed by atoms with Gasteiger partial charge in [-0.2, -0.15) is 0 Å². The maximum atomic E-state index is 13.1. The summed E-state index contributed by atoms with van der Waals surface area (Å²) >= 11 is 0. The molecule has 6 saturated heterocycles. The minimum absolute atomic E-state index is 0.864. The van der Waals surface area contributed by atoms with E-state index < -0.39 is 266 Å². The van der Waals surface area contributed by atoms with Gasteiger partial charge in [0.15, 0.2) is 25.2 Å². The SMILES string of the molecule is CC(=O)N[C@H]1[C@H](O[C@@H]2[C@@H](O)[C@@H](O)[C@H](O[C@H]3[C@H](O)[C@@H](O)[C@H](O)O[C@@H]3CO)O[C@@H]2CO)O[C@H](CO[C@]2(C(=O)O)C[C@H](O)[C@@H](O)[C@H]([C@H](O)[C@H](O)CO)O2)[C@H](O)[C@@H]1O[C@@H]1O[C@H](CO)[C@H](O)[C@H](O[C@]2(C(=O)O)C[C@H](O)[C@@H](O)[C@H]([C@H](O)[C@H](O)CO)O2)[C@H]1O. The highest BCUT2D eigenvalue weighted by molar-refractivity contribution is 5.76. The monoisotopic (exact) mass is 1210 g/mol. The summed E-state index contributed by atoms with van der Waals surface area (Å²) in [5.41, 5.74) is 0. The molecule has 24 N–H and O–H groups in total. The van der Waals surface area contributed by atoms with Gasteiger partial charge in [0.05, 0.1) is 51.8 Å². The molecule has 6 heterocycles. The Kier molecular flexibility index (Phi) is 23.6. The first-order valence-electron chi connectivity index (χ1n) is 25.4. The molecule has 1 amide bonds. The zero-order chi connectivity index (χ0) is 61.2. The van der Waals surface area contributed by atoms with E-state index in [2.05, 4.69) is 5.32 Å². The minimum Gasteiger partial charge on any atom is -0.477 e. The number of hydrogen-bond acceptors (Lipinski definition) is 35. The van der Waals surface area contributed by atoms with Crippen LogP contribution in [-0.4, -0.2) is 370 Å². The number of hydrogen-bond donors (Lipinski definition) is 24. The second kappa shape index (κ2) is 28.3. The summed E-state index contributed by atoms with van der Waals surface area (Å²) in [6.45, 7) is -6.25. The molecule has 38 nitrogen and oxygen atoms in total. The van der Waals surface area contributed by atoms with Crippen LogP contribution in [0.5, 0.6) is 0 Å². The summed E-state index contributed by atoms with van der Waals surface area (Å²) in [6.07, 6.45) is -66.2. The fraction of sp³-hybridized carbons (Fsp3) is 0.932. The highest BCUT2D eigenvalue weighted by atomic mass is 16.8. The average Bonchev–Trinajstić information content (AvgIpc) is 3.11. The average molecular weight is 1210 g/mol. The summed E-state index contributed by atoms with van der Waals surface area (Å²) in [5.74, 6) is -11.8. The molecule has 0 saturated carbocycles. The van der Waals surface area contributed by atoms with Crippen molar-refractivity contribution in [1.29, 1.82) is 0 Å². The molecule has 6 aliphatic rings. The Labute approximate surface area is 461 Å². The number of rotatable bonds is 23. The van der Waals surface area contributed by atoms with E-state index in [9.17, 15) is 132 Å². The third-order valence-electron chi connectivity index (χ3n) is 14.8. The Morgan fingerprint density at radius 1 is 0.500 bits per heavy atom. The zero-order valence-corrected chi connectivity index (χ0v) is 43.0. The number of nitrogens with one attached hydrogen (secondary N) is 1. The number of carboxylic acids is 2. The van der Waals surface area contributed by atoms with Crippen molar-refractivity contribution < 1.29 is 184 Å². The Morgan fingerprint density at radius 3 is 1.43 bits per heavy atom. The molecule has 6 aliphatic heterocycles. The van der Waals surface area contributed by atoms with Crippen LogP contribution in [0.25, 0.3) is 0 Å². The van der Waals surface area contributed by atoms with E-state index in [1.807, 2.05) is 0 Å². The van der Waals surface area contributed by atoms with Gasteiger partial charge < -0.3 is 175 Å². The molecule has 0 radical (unpaired) electrons. The van der Waals surface area contributed by atoms with Crippen molar-refractivity contribution in [2.24, 2.45) is 0 Å². The normalized spacial score (nSPS) is 47.2. The summed E-state index contributed by atoms with van der Waals surface area (Å²) < 4.78 is 62.0. The Balaban J connectivity index is 1.38. The molecule has 0 bridgehead atoms. The molecule has 0 unspecified atom stereocenters. The van der Waals surface area contributed by atoms with E-state index in [0.717, 1.165) is 6.92 Å². The number of ether oxygens (including phenoxy) is 11. The molecule has 0 aliphatic carbocycles. The Morgan fingerprint density at radius 2 is 0.927 bits per heavy atom. The fourth-order valence-electron chi connectivity index (χ4n) is 10.2. The second-order valence-corrected chi connectivity index (χ2v) is 20.4. The first-order valence-corrected chi connectivity index (χ1v) is 25.4. The van der Waals surface area contributed by atoms with Crippen LogP contribution in [0.1, 0.15) is 19.8 Å². The van der Waals surface area contributed by atoms with E-state index in [0.29, 0.717) is 0 Å². The van der Waals surface area contributed by atoms with Crippen LogP contribution in [0, 0.1) is 0 Å². The number of carboxylic acid groups (broad SMARTS) is 2. The molecule has 476 valence electrons. The van der Waals surface area contributed by atoms with Crippen molar-refractivity contribution in [1.82, 2.24) is 5.32 Å². The highest BCUT2D eigenvalue weighted by Gasteiger charge is 2.62. The van der Waals surface area contributed by atoms with Gasteiger partial charge in [0.1, 0.15) is 146 Å². The maximum Gasteiger partial charge on any atom is 0.364 e. The van der Waals surface area contributed by atoms with E-state index in [1.165, 1.54) is 0 Å². The van der Waals surface area contributed by atoms with Crippen LogP contribution in [0.4, 0.5) is 0 Å². The molecule has 38 heteroatoms. The molecule has 0 aromatic rings. The van der Waals surface area contributed by atoms with Crippen LogP contribution in [0.15, 0.2) is 0 Å². The molecule has 6 rings (SSSR count). The third-order valence-corrected chi connectivity index (χ3v) is 14.8. The van der Waals surface area contributed by atoms with E-state index in [-0.39, 0.29) is 0 Å². The van der Waals surface area contributed by atoms with Crippen LogP contribution in [0.3, 0.4) is 0 Å². The van der Waals surface area contributed by atoms with Crippen LogP contribution >= 0.6 is 0 Å². The lowest BCUT2D eigenvalue weighted by Crippen LogP contribution is -2.71. The summed E-state index contributed by atoms with van der Waals surface area (Å²) in [5, 5.41) is 247. The largest absolute Gasteiger partial charge is 0.477 e. The smallest absolute Gasteiger partial charge is 0.364 e. The van der Waals surface area contributed by atoms with E-state index in [1.54, 1.807) is 0 Å². The van der Waals surface area contributed by atoms with Gasteiger partial charge >= 0.3 is 11.9 Å². The topological polar surface area (TPSA) is 630 Å². The predicted octanol–water partition coefficient (Wildman–Crippen LogP) is -15.5. The Hall–Kier alpha value is -2.87. The van der Waals surface area contributed by atoms with Crippen molar-refractivity contribution in [3.05, 3.63) is 0 Å². The van der Waals surface area contributed by atoms with Crippen molar-refractivity contribution in [2.75, 3.05) is 39.6 Å². The third kappa shape index (κ3) is 14.1. The van der Waals surface area contributed by atoms with E-state index >= 15 is 0 Å². The van der Waals surface area contributed by atoms with Gasteiger partial charge in [-0.1, -0.05) is 0 Å². The van der Waals surface area contributed by atoms with Crippen LogP contribution in [-0.2, 0) is 66.5 Å². The van der Waals surface area contributed by atoms with Gasteiger partial charge in [0.2, 0.25) is 5.91 Å². The lowest BCUT2D eigenvalue weighted by Gasteiger charge is -2.51. The lowest BCUT2D eigenvalue weighted by molar-refractivity contribution is -0.393. The second-order valence-electron chi connectivity index (χ2n) is 20.4. The predicted molar refractivity (Wildman–Crippen MR) is 245 cm³/mol. The van der Waals surface area contributed by atoms with Gasteiger partial charge in [-0.25, -0.2) is 9.59 Å². The molecule has 0 spiro atoms. The quantitative estimate of drug-likeness (QED) is 0.0452. The molecule has 6 fully saturated rings. The van der Waals surface area contributed by atoms with Gasteiger partial charge in [0, 0.05) is 19.8 Å². The van der Waals surface area contributed by atoms with Crippen LogP contribution < -0.4 is 5.32 Å². The fourth-order valence-corrected chi connectivity index (χ4v) is 10.2. The Bertz CT molecular complexity index is 2070. The van der Waals surface area contributed by atoms with Gasteiger partial charge in [0.25, 0.3) is 11.6 Å². The molecular weight excluding hydrogens is 1130 g/mol. The summed E-state index contributed by atoms with van der Waals surface area (Å²) in [4.78, 5) is 39.0.